The fourth-order valence-electron chi connectivity index (χ4n) is 3.91. The lowest BCUT2D eigenvalue weighted by Gasteiger charge is -2.09. The molecule has 0 aliphatic carbocycles. The Bertz CT molecular complexity index is 1620. The third-order valence-electron chi connectivity index (χ3n) is 6.19. The van der Waals surface area contributed by atoms with Gasteiger partial charge in [0.25, 0.3) is 11.8 Å². The Morgan fingerprint density at radius 1 is 0.917 bits per heavy atom. The highest BCUT2D eigenvalue weighted by Crippen LogP contribution is 2.24. The Morgan fingerprint density at radius 2 is 1.61 bits per heavy atom. The van der Waals surface area contributed by atoms with Gasteiger partial charge in [-0.3, -0.25) is 23.6 Å². The van der Waals surface area contributed by atoms with E-state index in [1.165, 1.54) is 10.9 Å². The zero-order valence-corrected chi connectivity index (χ0v) is 20.5. The van der Waals surface area contributed by atoms with Crippen molar-refractivity contribution in [1.29, 1.82) is 0 Å². The van der Waals surface area contributed by atoms with Gasteiger partial charge in [-0.1, -0.05) is 0 Å². The van der Waals surface area contributed by atoms with Gasteiger partial charge in [0.15, 0.2) is 11.3 Å². The average molecular weight is 488 g/mol. The molecule has 0 saturated heterocycles. The highest BCUT2D eigenvalue weighted by atomic mass is 16.2. The van der Waals surface area contributed by atoms with E-state index in [-0.39, 0.29) is 17.1 Å². The van der Waals surface area contributed by atoms with E-state index in [1.807, 2.05) is 33.9 Å². The monoisotopic (exact) mass is 487 g/mol. The fourth-order valence-corrected chi connectivity index (χ4v) is 3.91. The zero-order valence-electron chi connectivity index (χ0n) is 20.5. The Morgan fingerprint density at radius 3 is 2.28 bits per heavy atom. The summed E-state index contributed by atoms with van der Waals surface area (Å²) in [4.78, 5) is 30.7. The van der Waals surface area contributed by atoms with E-state index >= 15 is 0 Å². The number of nitrogens with one attached hydrogen (secondary N) is 2. The molecule has 5 aromatic rings. The molecule has 0 aromatic carbocycles. The molecule has 0 radical (unpaired) electrons. The maximum Gasteiger partial charge on any atom is 0.276 e. The number of aromatic nitrogens is 9. The molecule has 0 aliphatic heterocycles. The Labute approximate surface area is 205 Å². The second-order valence-corrected chi connectivity index (χ2v) is 8.30. The summed E-state index contributed by atoms with van der Waals surface area (Å²) in [6.45, 7) is 6.11. The number of hydrogen-bond donors (Lipinski definition) is 2. The quantitative estimate of drug-likeness (QED) is 0.374. The Balaban J connectivity index is 1.45. The van der Waals surface area contributed by atoms with Gasteiger partial charge in [-0.25, -0.2) is 9.50 Å². The Kier molecular flexibility index (Phi) is 5.59. The molecule has 0 spiro atoms. The van der Waals surface area contributed by atoms with Crippen molar-refractivity contribution in [2.75, 3.05) is 10.6 Å². The lowest BCUT2D eigenvalue weighted by molar-refractivity contribution is 0.101. The first-order chi connectivity index (χ1) is 17.3. The molecule has 0 saturated carbocycles. The van der Waals surface area contributed by atoms with Crippen molar-refractivity contribution in [3.63, 3.8) is 0 Å². The van der Waals surface area contributed by atoms with Crippen LogP contribution in [0.2, 0.25) is 0 Å². The van der Waals surface area contributed by atoms with E-state index in [2.05, 4.69) is 36.0 Å². The number of amides is 2. The molecule has 0 fully saturated rings. The van der Waals surface area contributed by atoms with Gasteiger partial charge in [0.2, 0.25) is 0 Å². The molecule has 0 unspecified atom stereocenters. The van der Waals surface area contributed by atoms with Gasteiger partial charge in [-0.05, 0) is 26.8 Å². The normalized spacial score (nSPS) is 11.2. The summed E-state index contributed by atoms with van der Waals surface area (Å²) in [5.74, 6) is -0.900. The molecular formula is C23H25N11O2. The van der Waals surface area contributed by atoms with Crippen LogP contribution >= 0.6 is 0 Å². The van der Waals surface area contributed by atoms with Crippen LogP contribution in [0.1, 0.15) is 39.3 Å². The van der Waals surface area contributed by atoms with Crippen LogP contribution in [0.25, 0.3) is 16.9 Å². The van der Waals surface area contributed by atoms with E-state index in [4.69, 9.17) is 0 Å². The molecule has 184 valence electrons. The minimum Gasteiger partial charge on any atom is -0.318 e. The number of anilines is 2. The van der Waals surface area contributed by atoms with E-state index in [0.717, 1.165) is 22.6 Å². The van der Waals surface area contributed by atoms with Crippen molar-refractivity contribution in [3.8, 4) is 11.3 Å². The highest BCUT2D eigenvalue weighted by Gasteiger charge is 2.23. The molecule has 0 atom stereocenters. The molecule has 0 aliphatic rings. The summed E-state index contributed by atoms with van der Waals surface area (Å²) in [6, 6.07) is 3.41. The summed E-state index contributed by atoms with van der Waals surface area (Å²) >= 11 is 0. The highest BCUT2D eigenvalue weighted by molar-refractivity contribution is 6.11. The second kappa shape index (κ2) is 8.76. The van der Waals surface area contributed by atoms with Gasteiger partial charge in [0.1, 0.15) is 5.69 Å². The number of carbonyl (C=O) groups is 2. The third kappa shape index (κ3) is 3.79. The van der Waals surface area contributed by atoms with Crippen LogP contribution in [-0.4, -0.2) is 55.8 Å². The molecule has 5 heterocycles. The van der Waals surface area contributed by atoms with Gasteiger partial charge >= 0.3 is 0 Å². The van der Waals surface area contributed by atoms with Gasteiger partial charge in [-0.2, -0.15) is 20.4 Å². The van der Waals surface area contributed by atoms with E-state index in [1.54, 1.807) is 45.6 Å². The van der Waals surface area contributed by atoms with Crippen LogP contribution in [0.15, 0.2) is 36.9 Å². The zero-order chi connectivity index (χ0) is 25.6. The van der Waals surface area contributed by atoms with Gasteiger partial charge in [0.05, 0.1) is 41.4 Å². The van der Waals surface area contributed by atoms with Gasteiger partial charge in [-0.15, -0.1) is 0 Å². The smallest absolute Gasteiger partial charge is 0.276 e. The van der Waals surface area contributed by atoms with Crippen LogP contribution in [0.5, 0.6) is 0 Å². The average Bonchev–Trinajstić information content (AvgIpc) is 3.63. The van der Waals surface area contributed by atoms with Crippen LogP contribution in [0, 0.1) is 13.8 Å². The lowest BCUT2D eigenvalue weighted by atomic mass is 10.2. The van der Waals surface area contributed by atoms with Crippen molar-refractivity contribution >= 4 is 28.8 Å². The van der Waals surface area contributed by atoms with Crippen LogP contribution in [0.4, 0.5) is 11.4 Å². The maximum atomic E-state index is 13.2. The summed E-state index contributed by atoms with van der Waals surface area (Å²) in [6.07, 6.45) is 6.43. The molecule has 0 bridgehead atoms. The maximum absolute atomic E-state index is 13.2. The van der Waals surface area contributed by atoms with Crippen molar-refractivity contribution < 1.29 is 9.59 Å². The number of nitrogens with zero attached hydrogens (tertiary/aromatic N) is 9. The molecule has 13 nitrogen and oxygen atoms in total. The van der Waals surface area contributed by atoms with Crippen molar-refractivity contribution in [1.82, 2.24) is 43.9 Å². The lowest BCUT2D eigenvalue weighted by Crippen LogP contribution is -2.21. The summed E-state index contributed by atoms with van der Waals surface area (Å²) in [5.41, 5.74) is 5.13. The fraction of sp³-hybridized carbons (Fsp3) is 0.261. The molecule has 2 amide bonds. The topological polar surface area (TPSA) is 142 Å². The number of aryl methyl sites for hydroxylation is 3. The Hall–Kier alpha value is -4.81. The van der Waals surface area contributed by atoms with Crippen LogP contribution in [0.3, 0.4) is 0 Å². The number of hydrogen-bond acceptors (Lipinski definition) is 7. The first kappa shape index (κ1) is 23.0. The number of fused-ring (bicyclic) bond motifs is 1. The van der Waals surface area contributed by atoms with Crippen LogP contribution < -0.4 is 10.6 Å². The molecule has 5 aromatic heterocycles. The van der Waals surface area contributed by atoms with Crippen molar-refractivity contribution in [2.45, 2.75) is 27.3 Å². The number of rotatable bonds is 6. The van der Waals surface area contributed by atoms with Crippen LogP contribution in [-0.2, 0) is 20.6 Å². The molecule has 5 rings (SSSR count). The van der Waals surface area contributed by atoms with E-state index < -0.39 is 11.8 Å². The molecular weight excluding hydrogens is 462 g/mol. The standard InChI is InChI=1S/C23H25N11O2/c1-6-33-21(23(36)28-17-11-26-32(5)14(17)3)18(12-27-33)29-22(35)16-9-20-24-8-7-19(34(20)30-16)15-10-25-31(4)13(15)2/h7-12H,6H2,1-5H3,(H,28,36)(H,29,35). The molecule has 13 heteroatoms. The predicted octanol–water partition coefficient (Wildman–Crippen LogP) is 2.20. The van der Waals surface area contributed by atoms with E-state index in [0.29, 0.717) is 17.9 Å². The molecule has 2 N–H and O–H groups in total. The van der Waals surface area contributed by atoms with Gasteiger partial charge in [0, 0.05) is 44.2 Å². The first-order valence-electron chi connectivity index (χ1n) is 11.3. The van der Waals surface area contributed by atoms with Crippen molar-refractivity contribution in [2.24, 2.45) is 14.1 Å². The van der Waals surface area contributed by atoms with Gasteiger partial charge < -0.3 is 10.6 Å². The largest absolute Gasteiger partial charge is 0.318 e. The summed E-state index contributed by atoms with van der Waals surface area (Å²) in [5, 5.41) is 22.8. The predicted molar refractivity (Wildman–Crippen MR) is 132 cm³/mol. The minimum atomic E-state index is -0.489. The van der Waals surface area contributed by atoms with Crippen molar-refractivity contribution in [3.05, 3.63) is 59.7 Å². The summed E-state index contributed by atoms with van der Waals surface area (Å²) < 4.78 is 6.55. The third-order valence-corrected chi connectivity index (χ3v) is 6.19. The molecule has 36 heavy (non-hydrogen) atoms. The summed E-state index contributed by atoms with van der Waals surface area (Å²) in [7, 11) is 3.65. The second-order valence-electron chi connectivity index (χ2n) is 8.30. The van der Waals surface area contributed by atoms with E-state index in [9.17, 15) is 9.59 Å². The number of carbonyl (C=O) groups excluding carboxylic acids is 2. The minimum absolute atomic E-state index is 0.148. The SMILES string of the molecule is CCn1ncc(NC(=O)c2cc3nccc(-c4cnn(C)c4C)n3n2)c1C(=O)Nc1cnn(C)c1C. The first-order valence-corrected chi connectivity index (χ1v) is 11.3.